The van der Waals surface area contributed by atoms with Crippen molar-refractivity contribution in [1.29, 1.82) is 0 Å². The summed E-state index contributed by atoms with van der Waals surface area (Å²) in [5.41, 5.74) is 0.298. The first-order chi connectivity index (χ1) is 8.27. The fourth-order valence-corrected chi connectivity index (χ4v) is 0.926. The Morgan fingerprint density at radius 3 is 2.82 bits per heavy atom. The molecule has 0 aromatic carbocycles. The number of amides is 1. The third kappa shape index (κ3) is 5.65. The van der Waals surface area contributed by atoms with Gasteiger partial charge in [-0.15, -0.1) is 0 Å². The van der Waals surface area contributed by atoms with E-state index in [1.807, 2.05) is 32.9 Å². The van der Waals surface area contributed by atoms with Crippen molar-refractivity contribution in [1.82, 2.24) is 15.3 Å². The molecule has 0 bridgehead atoms. The van der Waals surface area contributed by atoms with Gasteiger partial charge in [-0.2, -0.15) is 4.98 Å². The number of hydrogen-bond donors (Lipinski definition) is 1. The van der Waals surface area contributed by atoms with Crippen LogP contribution in [0.25, 0.3) is 0 Å². The van der Waals surface area contributed by atoms with E-state index < -0.39 is 0 Å². The van der Waals surface area contributed by atoms with Crippen LogP contribution in [0.1, 0.15) is 31.3 Å². The molecule has 1 aromatic heterocycles. The summed E-state index contributed by atoms with van der Waals surface area (Å²) in [7, 11) is 1.46. The Balaban J connectivity index is 0.00000121. The first kappa shape index (κ1) is 15.1. The molecular formula is C12H19N3O2. The molecule has 0 fully saturated rings. The fourth-order valence-electron chi connectivity index (χ4n) is 0.926. The van der Waals surface area contributed by atoms with Crippen LogP contribution in [0, 0.1) is 0 Å². The van der Waals surface area contributed by atoms with Gasteiger partial charge in [0.25, 0.3) is 5.91 Å². The molecule has 94 valence electrons. The molecule has 5 heteroatoms. The van der Waals surface area contributed by atoms with Crippen molar-refractivity contribution in [3.8, 4) is 6.01 Å². The molecule has 1 aromatic rings. The number of nitrogens with one attached hydrogen (secondary N) is 1. The number of ether oxygens (including phenoxy) is 1. The summed E-state index contributed by atoms with van der Waals surface area (Å²) in [6.45, 7) is 6.38. The lowest BCUT2D eigenvalue weighted by atomic mass is 10.4. The molecule has 0 aliphatic rings. The van der Waals surface area contributed by atoms with Crippen molar-refractivity contribution in [2.24, 2.45) is 0 Å². The van der Waals surface area contributed by atoms with Crippen molar-refractivity contribution < 1.29 is 9.53 Å². The SMILES string of the molecule is C/C=C/CNC(=O)c1ccnc(OC)n1.CC. The van der Waals surface area contributed by atoms with Gasteiger partial charge in [0.2, 0.25) is 0 Å². The number of hydrogen-bond acceptors (Lipinski definition) is 4. The zero-order chi connectivity index (χ0) is 13.1. The molecule has 0 saturated carbocycles. The normalized spacial score (nSPS) is 9.41. The van der Waals surface area contributed by atoms with Crippen LogP contribution in [0.15, 0.2) is 24.4 Å². The van der Waals surface area contributed by atoms with Gasteiger partial charge in [-0.3, -0.25) is 4.79 Å². The maximum absolute atomic E-state index is 11.5. The topological polar surface area (TPSA) is 64.1 Å². The van der Waals surface area contributed by atoms with E-state index >= 15 is 0 Å². The second kappa shape index (κ2) is 9.33. The molecule has 0 unspecified atom stereocenters. The first-order valence-corrected chi connectivity index (χ1v) is 5.54. The molecule has 1 N–H and O–H groups in total. The van der Waals surface area contributed by atoms with E-state index in [9.17, 15) is 4.79 Å². The second-order valence-electron chi connectivity index (χ2n) is 2.71. The van der Waals surface area contributed by atoms with Gasteiger partial charge in [0, 0.05) is 12.7 Å². The van der Waals surface area contributed by atoms with Crippen molar-refractivity contribution in [3.05, 3.63) is 30.1 Å². The average molecular weight is 237 g/mol. The lowest BCUT2D eigenvalue weighted by molar-refractivity contribution is 0.0952. The van der Waals surface area contributed by atoms with Gasteiger partial charge >= 0.3 is 6.01 Å². The molecule has 0 aliphatic carbocycles. The molecule has 0 spiro atoms. The summed E-state index contributed by atoms with van der Waals surface area (Å²) < 4.78 is 4.81. The Labute approximate surface area is 102 Å². The van der Waals surface area contributed by atoms with E-state index in [2.05, 4.69) is 15.3 Å². The summed E-state index contributed by atoms with van der Waals surface area (Å²) in [5.74, 6) is -0.242. The van der Waals surface area contributed by atoms with Gasteiger partial charge in [0.05, 0.1) is 7.11 Å². The lowest BCUT2D eigenvalue weighted by Gasteiger charge is -2.02. The number of carbonyl (C=O) groups excluding carboxylic acids is 1. The molecule has 0 saturated heterocycles. The second-order valence-corrected chi connectivity index (χ2v) is 2.71. The van der Waals surface area contributed by atoms with E-state index in [0.717, 1.165) is 0 Å². The molecular weight excluding hydrogens is 218 g/mol. The minimum atomic E-state index is -0.242. The number of rotatable bonds is 4. The standard InChI is InChI=1S/C10H13N3O2.C2H6/c1-3-4-6-11-9(14)8-5-7-12-10(13-8)15-2;1-2/h3-5,7H,6H2,1-2H3,(H,11,14);1-2H3/b4-3+;. The minimum Gasteiger partial charge on any atom is -0.467 e. The summed E-state index contributed by atoms with van der Waals surface area (Å²) in [6.07, 6.45) is 5.19. The van der Waals surface area contributed by atoms with Gasteiger partial charge in [-0.05, 0) is 13.0 Å². The monoisotopic (exact) mass is 237 g/mol. The number of aromatic nitrogens is 2. The van der Waals surface area contributed by atoms with Crippen LogP contribution in [-0.2, 0) is 0 Å². The maximum atomic E-state index is 11.5. The Kier molecular flexibility index (Phi) is 8.28. The van der Waals surface area contributed by atoms with Crippen molar-refractivity contribution in [2.45, 2.75) is 20.8 Å². The molecule has 0 radical (unpaired) electrons. The van der Waals surface area contributed by atoms with E-state index in [-0.39, 0.29) is 11.9 Å². The van der Waals surface area contributed by atoms with Gasteiger partial charge in [-0.1, -0.05) is 26.0 Å². The highest BCUT2D eigenvalue weighted by molar-refractivity contribution is 5.92. The van der Waals surface area contributed by atoms with Crippen LogP contribution in [0.2, 0.25) is 0 Å². The molecule has 17 heavy (non-hydrogen) atoms. The van der Waals surface area contributed by atoms with Crippen LogP contribution in [-0.4, -0.2) is 29.5 Å². The van der Waals surface area contributed by atoms with Crippen molar-refractivity contribution in [3.63, 3.8) is 0 Å². The van der Waals surface area contributed by atoms with Gasteiger partial charge < -0.3 is 10.1 Å². The Morgan fingerprint density at radius 1 is 1.53 bits per heavy atom. The van der Waals surface area contributed by atoms with E-state index in [1.54, 1.807) is 0 Å². The molecule has 1 rings (SSSR count). The molecule has 0 atom stereocenters. The predicted octanol–water partition coefficient (Wildman–Crippen LogP) is 1.82. The maximum Gasteiger partial charge on any atom is 0.316 e. The summed E-state index contributed by atoms with van der Waals surface area (Å²) in [6, 6.07) is 1.72. The van der Waals surface area contributed by atoms with Crippen molar-refractivity contribution >= 4 is 5.91 Å². The summed E-state index contributed by atoms with van der Waals surface area (Å²) in [4.78, 5) is 19.2. The van der Waals surface area contributed by atoms with Gasteiger partial charge in [0.1, 0.15) is 5.69 Å². The highest BCUT2D eigenvalue weighted by Gasteiger charge is 2.07. The minimum absolute atomic E-state index is 0.189. The van der Waals surface area contributed by atoms with Gasteiger partial charge in [-0.25, -0.2) is 4.98 Å². The zero-order valence-corrected chi connectivity index (χ0v) is 10.7. The number of nitrogens with zero attached hydrogens (tertiary/aromatic N) is 2. The first-order valence-electron chi connectivity index (χ1n) is 5.54. The molecule has 0 aliphatic heterocycles. The highest BCUT2D eigenvalue weighted by Crippen LogP contribution is 2.01. The number of allylic oxidation sites excluding steroid dienone is 1. The van der Waals surface area contributed by atoms with E-state index in [0.29, 0.717) is 12.2 Å². The highest BCUT2D eigenvalue weighted by atomic mass is 16.5. The van der Waals surface area contributed by atoms with Crippen LogP contribution >= 0.6 is 0 Å². The largest absolute Gasteiger partial charge is 0.467 e. The molecule has 1 heterocycles. The van der Waals surface area contributed by atoms with Crippen LogP contribution in [0.5, 0.6) is 6.01 Å². The Hall–Kier alpha value is -1.91. The Morgan fingerprint density at radius 2 is 2.24 bits per heavy atom. The van der Waals surface area contributed by atoms with E-state index in [1.165, 1.54) is 19.4 Å². The van der Waals surface area contributed by atoms with Crippen LogP contribution < -0.4 is 10.1 Å². The Bertz CT molecular complexity index is 365. The smallest absolute Gasteiger partial charge is 0.316 e. The quantitative estimate of drug-likeness (QED) is 0.811. The third-order valence-corrected chi connectivity index (χ3v) is 1.66. The summed E-state index contributed by atoms with van der Waals surface area (Å²) in [5, 5.41) is 2.68. The van der Waals surface area contributed by atoms with E-state index in [4.69, 9.17) is 4.74 Å². The zero-order valence-electron chi connectivity index (χ0n) is 10.7. The summed E-state index contributed by atoms with van der Waals surface area (Å²) >= 11 is 0. The van der Waals surface area contributed by atoms with Crippen LogP contribution in [0.3, 0.4) is 0 Å². The molecule has 5 nitrogen and oxygen atoms in total. The fraction of sp³-hybridized carbons (Fsp3) is 0.417. The number of carbonyl (C=O) groups is 1. The number of methoxy groups -OCH3 is 1. The van der Waals surface area contributed by atoms with Crippen LogP contribution in [0.4, 0.5) is 0 Å². The predicted molar refractivity (Wildman–Crippen MR) is 67.1 cm³/mol. The lowest BCUT2D eigenvalue weighted by Crippen LogP contribution is -2.24. The van der Waals surface area contributed by atoms with Gasteiger partial charge in [0.15, 0.2) is 0 Å². The third-order valence-electron chi connectivity index (χ3n) is 1.66. The van der Waals surface area contributed by atoms with Crippen molar-refractivity contribution in [2.75, 3.05) is 13.7 Å². The molecule has 1 amide bonds. The average Bonchev–Trinajstić information content (AvgIpc) is 2.41.